The molecule has 0 aliphatic carbocycles. The second-order valence-electron chi connectivity index (χ2n) is 5.62. The molecule has 132 valence electrons. The molecule has 0 bridgehead atoms. The molecule has 0 unspecified atom stereocenters. The number of rotatable bonds is 5. The third-order valence-corrected chi connectivity index (χ3v) is 4.75. The first-order chi connectivity index (χ1) is 12.6. The van der Waals surface area contributed by atoms with Crippen molar-refractivity contribution in [1.82, 2.24) is 4.57 Å². The Morgan fingerprint density at radius 1 is 1.27 bits per heavy atom. The number of hydrogen-bond donors (Lipinski definition) is 0. The van der Waals surface area contributed by atoms with Crippen molar-refractivity contribution in [3.05, 3.63) is 52.8 Å². The van der Waals surface area contributed by atoms with Crippen molar-refractivity contribution >= 4 is 27.5 Å². The number of ether oxygens (including phenoxy) is 2. The average Bonchev–Trinajstić information content (AvgIpc) is 2.96. The molecule has 1 aromatic heterocycles. The molecule has 2 aromatic carbocycles. The number of aromatic nitrogens is 1. The minimum absolute atomic E-state index is 0.156. The smallest absolute Gasteiger partial charge is 0.286 e. The molecule has 0 saturated heterocycles. The van der Waals surface area contributed by atoms with Gasteiger partial charge < -0.3 is 14.0 Å². The number of carbonyl (C=O) groups is 1. The third-order valence-electron chi connectivity index (χ3n) is 3.71. The molecular weight excluding hydrogens is 348 g/mol. The van der Waals surface area contributed by atoms with Gasteiger partial charge >= 0.3 is 0 Å². The lowest BCUT2D eigenvalue weighted by atomic mass is 10.2. The zero-order valence-electron chi connectivity index (χ0n) is 14.6. The van der Waals surface area contributed by atoms with E-state index in [0.29, 0.717) is 22.8 Å². The number of terminal acetylenes is 1. The predicted molar refractivity (Wildman–Crippen MR) is 102 cm³/mol. The number of amides is 1. The average molecular weight is 366 g/mol. The van der Waals surface area contributed by atoms with Crippen molar-refractivity contribution in [2.45, 2.75) is 13.5 Å². The van der Waals surface area contributed by atoms with Gasteiger partial charge in [0, 0.05) is 6.07 Å². The Morgan fingerprint density at radius 3 is 2.85 bits per heavy atom. The monoisotopic (exact) mass is 366 g/mol. The van der Waals surface area contributed by atoms with Crippen LogP contribution in [0.3, 0.4) is 0 Å². The van der Waals surface area contributed by atoms with Crippen LogP contribution in [0.15, 0.2) is 47.5 Å². The van der Waals surface area contributed by atoms with E-state index in [2.05, 4.69) is 17.0 Å². The Morgan fingerprint density at radius 2 is 2.08 bits per heavy atom. The largest absolute Gasteiger partial charge is 0.497 e. The Balaban J connectivity index is 1.85. The standard InChI is InChI=1S/C20H18N2O3S/c1-4-10-22-17-9-8-14(2)11-18(17)26-20(22)21-19(23)13-25-16-7-5-6-15(12-16)24-3/h1,5-9,11-12H,10,13H2,2-3H3. The van der Waals surface area contributed by atoms with E-state index in [-0.39, 0.29) is 12.5 Å². The summed E-state index contributed by atoms with van der Waals surface area (Å²) in [4.78, 5) is 17.0. The van der Waals surface area contributed by atoms with E-state index in [1.807, 2.05) is 23.6 Å². The summed E-state index contributed by atoms with van der Waals surface area (Å²) in [5.41, 5.74) is 2.12. The summed E-state index contributed by atoms with van der Waals surface area (Å²) in [6, 6.07) is 13.1. The maximum Gasteiger partial charge on any atom is 0.286 e. The summed E-state index contributed by atoms with van der Waals surface area (Å²) >= 11 is 1.44. The molecule has 3 rings (SSSR count). The fourth-order valence-electron chi connectivity index (χ4n) is 2.48. The zero-order chi connectivity index (χ0) is 18.5. The Kier molecular flexibility index (Phi) is 5.40. The molecule has 3 aromatic rings. The molecule has 0 aliphatic rings. The summed E-state index contributed by atoms with van der Waals surface area (Å²) in [7, 11) is 1.58. The van der Waals surface area contributed by atoms with Crippen molar-refractivity contribution in [3.63, 3.8) is 0 Å². The lowest BCUT2D eigenvalue weighted by Crippen LogP contribution is -2.19. The van der Waals surface area contributed by atoms with Gasteiger partial charge in [-0.05, 0) is 36.8 Å². The number of carbonyl (C=O) groups excluding carboxylic acids is 1. The first-order valence-electron chi connectivity index (χ1n) is 7.98. The fraction of sp³-hybridized carbons (Fsp3) is 0.200. The quantitative estimate of drug-likeness (QED) is 0.652. The molecule has 0 saturated carbocycles. The van der Waals surface area contributed by atoms with E-state index in [1.165, 1.54) is 11.3 Å². The van der Waals surface area contributed by atoms with Gasteiger partial charge in [0.05, 0.1) is 23.9 Å². The van der Waals surface area contributed by atoms with Gasteiger partial charge in [-0.2, -0.15) is 4.99 Å². The molecule has 1 heterocycles. The second-order valence-corrected chi connectivity index (χ2v) is 6.63. The van der Waals surface area contributed by atoms with Crippen molar-refractivity contribution < 1.29 is 14.3 Å². The van der Waals surface area contributed by atoms with Crippen LogP contribution in [0.25, 0.3) is 10.2 Å². The van der Waals surface area contributed by atoms with Crippen LogP contribution < -0.4 is 14.3 Å². The van der Waals surface area contributed by atoms with Gasteiger partial charge in [-0.15, -0.1) is 6.42 Å². The van der Waals surface area contributed by atoms with Crippen molar-refractivity contribution in [1.29, 1.82) is 0 Å². The van der Waals surface area contributed by atoms with Crippen LogP contribution in [0.5, 0.6) is 11.5 Å². The summed E-state index contributed by atoms with van der Waals surface area (Å²) in [5.74, 6) is 3.46. The summed E-state index contributed by atoms with van der Waals surface area (Å²) in [6.07, 6.45) is 5.47. The highest BCUT2D eigenvalue weighted by molar-refractivity contribution is 7.16. The first kappa shape index (κ1) is 17.8. The SMILES string of the molecule is C#CCn1c(=NC(=O)COc2cccc(OC)c2)sc2cc(C)ccc21. The Bertz CT molecular complexity index is 1060. The molecule has 1 amide bonds. The van der Waals surface area contributed by atoms with E-state index in [1.54, 1.807) is 31.4 Å². The Labute approximate surface area is 155 Å². The zero-order valence-corrected chi connectivity index (χ0v) is 15.4. The van der Waals surface area contributed by atoms with Crippen LogP contribution in [0.4, 0.5) is 0 Å². The summed E-state index contributed by atoms with van der Waals surface area (Å²) in [5, 5.41) is 0. The minimum Gasteiger partial charge on any atom is -0.497 e. The first-order valence-corrected chi connectivity index (χ1v) is 8.80. The van der Waals surface area contributed by atoms with Gasteiger partial charge in [0.2, 0.25) is 0 Å². The van der Waals surface area contributed by atoms with Crippen LogP contribution in [-0.4, -0.2) is 24.2 Å². The van der Waals surface area contributed by atoms with Crippen LogP contribution in [0, 0.1) is 19.3 Å². The molecule has 0 atom stereocenters. The maximum atomic E-state index is 12.3. The van der Waals surface area contributed by atoms with Gasteiger partial charge in [0.25, 0.3) is 5.91 Å². The van der Waals surface area contributed by atoms with E-state index in [0.717, 1.165) is 15.8 Å². The molecule has 0 spiro atoms. The normalized spacial score (nSPS) is 11.3. The number of benzene rings is 2. The maximum absolute atomic E-state index is 12.3. The predicted octanol–water partition coefficient (Wildman–Crippen LogP) is 3.16. The highest BCUT2D eigenvalue weighted by atomic mass is 32.1. The minimum atomic E-state index is -0.373. The fourth-order valence-corrected chi connectivity index (χ4v) is 3.63. The highest BCUT2D eigenvalue weighted by Crippen LogP contribution is 2.20. The lowest BCUT2D eigenvalue weighted by molar-refractivity contribution is -0.120. The van der Waals surface area contributed by atoms with Gasteiger partial charge in [0.15, 0.2) is 11.4 Å². The van der Waals surface area contributed by atoms with Gasteiger partial charge in [-0.1, -0.05) is 29.4 Å². The molecule has 0 fully saturated rings. The number of aryl methyl sites for hydroxylation is 1. The second kappa shape index (κ2) is 7.89. The molecule has 26 heavy (non-hydrogen) atoms. The van der Waals surface area contributed by atoms with E-state index < -0.39 is 0 Å². The Hall–Kier alpha value is -3.04. The van der Waals surface area contributed by atoms with Crippen molar-refractivity contribution in [2.75, 3.05) is 13.7 Å². The third kappa shape index (κ3) is 3.95. The van der Waals surface area contributed by atoms with E-state index in [9.17, 15) is 4.79 Å². The highest BCUT2D eigenvalue weighted by Gasteiger charge is 2.08. The summed E-state index contributed by atoms with van der Waals surface area (Å²) < 4.78 is 13.5. The lowest BCUT2D eigenvalue weighted by Gasteiger charge is -2.05. The van der Waals surface area contributed by atoms with Gasteiger partial charge in [-0.25, -0.2) is 0 Å². The molecule has 0 radical (unpaired) electrons. The van der Waals surface area contributed by atoms with Crippen molar-refractivity contribution in [3.8, 4) is 23.8 Å². The number of nitrogens with zero attached hydrogens (tertiary/aromatic N) is 2. The topological polar surface area (TPSA) is 52.8 Å². The molecule has 0 aliphatic heterocycles. The molecular formula is C20H18N2O3S. The van der Waals surface area contributed by atoms with Crippen LogP contribution in [0.1, 0.15) is 5.56 Å². The molecule has 6 heteroatoms. The molecule has 0 N–H and O–H groups in total. The number of fused-ring (bicyclic) bond motifs is 1. The number of methoxy groups -OCH3 is 1. The van der Waals surface area contributed by atoms with Crippen molar-refractivity contribution in [2.24, 2.45) is 4.99 Å². The number of hydrogen-bond acceptors (Lipinski definition) is 4. The van der Waals surface area contributed by atoms with Crippen LogP contribution >= 0.6 is 11.3 Å². The van der Waals surface area contributed by atoms with Gasteiger partial charge in [-0.3, -0.25) is 4.79 Å². The van der Waals surface area contributed by atoms with Gasteiger partial charge in [0.1, 0.15) is 11.5 Å². The van der Waals surface area contributed by atoms with E-state index >= 15 is 0 Å². The molecule has 5 nitrogen and oxygen atoms in total. The van der Waals surface area contributed by atoms with E-state index in [4.69, 9.17) is 15.9 Å². The van der Waals surface area contributed by atoms with Crippen LogP contribution in [-0.2, 0) is 11.3 Å². The number of thiazole rings is 1. The summed E-state index contributed by atoms with van der Waals surface area (Å²) in [6.45, 7) is 2.22. The van der Waals surface area contributed by atoms with Crippen LogP contribution in [0.2, 0.25) is 0 Å².